The van der Waals surface area contributed by atoms with E-state index in [-0.39, 0.29) is 18.1 Å². The molecule has 4 rings (SSSR count). The van der Waals surface area contributed by atoms with Crippen molar-refractivity contribution in [3.63, 3.8) is 0 Å². The fourth-order valence-corrected chi connectivity index (χ4v) is 3.64. The quantitative estimate of drug-likeness (QED) is 0.614. The van der Waals surface area contributed by atoms with Crippen LogP contribution in [-0.4, -0.2) is 28.3 Å². The van der Waals surface area contributed by atoms with E-state index in [2.05, 4.69) is 10.4 Å². The zero-order chi connectivity index (χ0) is 21.8. The summed E-state index contributed by atoms with van der Waals surface area (Å²) in [5, 5.41) is 6.94. The summed E-state index contributed by atoms with van der Waals surface area (Å²) in [7, 11) is 0. The molecular weight excluding hydrogens is 404 g/mol. The Balaban J connectivity index is 1.44. The predicted molar refractivity (Wildman–Crippen MR) is 109 cm³/mol. The van der Waals surface area contributed by atoms with Gasteiger partial charge in [-0.1, -0.05) is 18.2 Å². The molecular formula is C23H21F2N3O3. The minimum Gasteiger partial charge on any atom is -0.451 e. The Labute approximate surface area is 177 Å². The lowest BCUT2D eigenvalue weighted by atomic mass is 9.95. The van der Waals surface area contributed by atoms with Crippen molar-refractivity contribution in [3.8, 4) is 5.69 Å². The zero-order valence-electron chi connectivity index (χ0n) is 16.7. The molecule has 160 valence electrons. The topological polar surface area (TPSA) is 73.2 Å². The number of carbonyl (C=O) groups excluding carboxylic acids is 2. The molecule has 2 aromatic carbocycles. The smallest absolute Gasteiger partial charge is 0.359 e. The molecule has 0 fully saturated rings. The normalized spacial score (nSPS) is 12.8. The SMILES string of the molecule is O=C(COC(=O)c1nn(-c2ccc(F)cc2)c2c1CCCC2)NCc1ccccc1F. The largest absolute Gasteiger partial charge is 0.451 e. The van der Waals surface area contributed by atoms with Gasteiger partial charge in [0.2, 0.25) is 0 Å². The number of halogens is 2. The van der Waals surface area contributed by atoms with Gasteiger partial charge >= 0.3 is 5.97 Å². The number of amides is 1. The number of fused-ring (bicyclic) bond motifs is 1. The fraction of sp³-hybridized carbons (Fsp3) is 0.261. The maximum Gasteiger partial charge on any atom is 0.359 e. The summed E-state index contributed by atoms with van der Waals surface area (Å²) in [6.07, 6.45) is 3.31. The lowest BCUT2D eigenvalue weighted by Crippen LogP contribution is -2.29. The van der Waals surface area contributed by atoms with E-state index >= 15 is 0 Å². The molecule has 1 aromatic heterocycles. The van der Waals surface area contributed by atoms with Gasteiger partial charge in [-0.15, -0.1) is 0 Å². The van der Waals surface area contributed by atoms with Gasteiger partial charge < -0.3 is 10.1 Å². The Morgan fingerprint density at radius 3 is 2.55 bits per heavy atom. The standard InChI is InChI=1S/C23H21F2N3O3/c24-16-9-11-17(12-10-16)28-20-8-4-2-6-18(20)22(27-28)23(30)31-14-21(29)26-13-15-5-1-3-7-19(15)25/h1,3,5,7,9-12H,2,4,6,8,13-14H2,(H,26,29). The summed E-state index contributed by atoms with van der Waals surface area (Å²) in [6, 6.07) is 12.0. The van der Waals surface area contributed by atoms with Crippen molar-refractivity contribution in [2.75, 3.05) is 6.61 Å². The maximum absolute atomic E-state index is 13.6. The van der Waals surface area contributed by atoms with Crippen LogP contribution in [0.5, 0.6) is 0 Å². The van der Waals surface area contributed by atoms with Crippen LogP contribution in [0.3, 0.4) is 0 Å². The van der Waals surface area contributed by atoms with Gasteiger partial charge in [0.05, 0.1) is 5.69 Å². The molecule has 0 bridgehead atoms. The number of rotatable bonds is 6. The molecule has 1 amide bonds. The molecule has 1 aliphatic rings. The number of esters is 1. The molecule has 1 heterocycles. The first-order valence-electron chi connectivity index (χ1n) is 10.1. The van der Waals surface area contributed by atoms with Crippen molar-refractivity contribution >= 4 is 11.9 Å². The van der Waals surface area contributed by atoms with Crippen LogP contribution < -0.4 is 5.32 Å². The molecule has 1 aliphatic carbocycles. The Morgan fingerprint density at radius 2 is 1.77 bits per heavy atom. The third kappa shape index (κ3) is 4.63. The summed E-state index contributed by atoms with van der Waals surface area (Å²) >= 11 is 0. The van der Waals surface area contributed by atoms with Gasteiger partial charge in [0.15, 0.2) is 12.3 Å². The first-order chi connectivity index (χ1) is 15.0. The maximum atomic E-state index is 13.6. The zero-order valence-corrected chi connectivity index (χ0v) is 16.7. The van der Waals surface area contributed by atoms with Crippen LogP contribution in [0.25, 0.3) is 5.69 Å². The highest BCUT2D eigenvalue weighted by molar-refractivity contribution is 5.91. The van der Waals surface area contributed by atoms with Crippen molar-refractivity contribution in [1.29, 1.82) is 0 Å². The van der Waals surface area contributed by atoms with Gasteiger partial charge in [-0.25, -0.2) is 18.3 Å². The second-order valence-electron chi connectivity index (χ2n) is 7.31. The average molecular weight is 425 g/mol. The molecule has 31 heavy (non-hydrogen) atoms. The third-order valence-electron chi connectivity index (χ3n) is 5.21. The van der Waals surface area contributed by atoms with E-state index in [1.807, 2.05) is 0 Å². The number of carbonyl (C=O) groups is 2. The van der Waals surface area contributed by atoms with Crippen molar-refractivity contribution in [1.82, 2.24) is 15.1 Å². The summed E-state index contributed by atoms with van der Waals surface area (Å²) in [6.45, 7) is -0.497. The number of aromatic nitrogens is 2. The lowest BCUT2D eigenvalue weighted by Gasteiger charge is -2.14. The van der Waals surface area contributed by atoms with E-state index in [1.54, 1.807) is 35.0 Å². The minimum atomic E-state index is -0.694. The molecule has 8 heteroatoms. The van der Waals surface area contributed by atoms with Crippen molar-refractivity contribution in [2.45, 2.75) is 32.2 Å². The van der Waals surface area contributed by atoms with Crippen molar-refractivity contribution < 1.29 is 23.1 Å². The minimum absolute atomic E-state index is 0.00233. The van der Waals surface area contributed by atoms with E-state index in [9.17, 15) is 18.4 Å². The molecule has 0 aliphatic heterocycles. The summed E-state index contributed by atoms with van der Waals surface area (Å²) in [5.74, 6) is -2.01. The number of nitrogens with zero attached hydrogens (tertiary/aromatic N) is 2. The van der Waals surface area contributed by atoms with Gasteiger partial charge in [0, 0.05) is 23.4 Å². The van der Waals surface area contributed by atoms with Crippen LogP contribution in [0.1, 0.15) is 40.2 Å². The molecule has 6 nitrogen and oxygen atoms in total. The third-order valence-corrected chi connectivity index (χ3v) is 5.21. The van der Waals surface area contributed by atoms with Crippen LogP contribution in [0.4, 0.5) is 8.78 Å². The Kier molecular flexibility index (Phi) is 6.06. The summed E-state index contributed by atoms with van der Waals surface area (Å²) in [4.78, 5) is 24.7. The van der Waals surface area contributed by atoms with Crippen molar-refractivity contribution in [3.05, 3.63) is 82.7 Å². The predicted octanol–water partition coefficient (Wildman–Crippen LogP) is 3.50. The van der Waals surface area contributed by atoms with E-state index in [0.717, 1.165) is 30.5 Å². The van der Waals surface area contributed by atoms with Gasteiger partial charge in [0.1, 0.15) is 11.6 Å². The first kappa shape index (κ1) is 20.7. The van der Waals surface area contributed by atoms with Crippen LogP contribution in [0, 0.1) is 11.6 Å². The van der Waals surface area contributed by atoms with Gasteiger partial charge in [-0.3, -0.25) is 4.79 Å². The van der Waals surface area contributed by atoms with E-state index < -0.39 is 24.3 Å². The summed E-state index contributed by atoms with van der Waals surface area (Å²) < 4.78 is 33.7. The molecule has 1 N–H and O–H groups in total. The summed E-state index contributed by atoms with van der Waals surface area (Å²) in [5.41, 5.74) is 2.86. The second-order valence-corrected chi connectivity index (χ2v) is 7.31. The number of hydrogen-bond donors (Lipinski definition) is 1. The van der Waals surface area contributed by atoms with Gasteiger partial charge in [-0.05, 0) is 56.0 Å². The van der Waals surface area contributed by atoms with E-state index in [1.165, 1.54) is 18.2 Å². The van der Waals surface area contributed by atoms with Crippen LogP contribution in [0.15, 0.2) is 48.5 Å². The first-order valence-corrected chi connectivity index (χ1v) is 10.1. The Hall–Kier alpha value is -3.55. The van der Waals surface area contributed by atoms with E-state index in [4.69, 9.17) is 4.74 Å². The fourth-order valence-electron chi connectivity index (χ4n) is 3.64. The second kappa shape index (κ2) is 9.07. The molecule has 3 aromatic rings. The Bertz CT molecular complexity index is 1110. The van der Waals surface area contributed by atoms with Crippen LogP contribution in [0.2, 0.25) is 0 Å². The molecule has 0 saturated heterocycles. The monoisotopic (exact) mass is 425 g/mol. The molecule has 0 saturated carbocycles. The van der Waals surface area contributed by atoms with Crippen LogP contribution in [-0.2, 0) is 28.9 Å². The molecule has 0 spiro atoms. The van der Waals surface area contributed by atoms with Gasteiger partial charge in [-0.2, -0.15) is 5.10 Å². The highest BCUT2D eigenvalue weighted by Crippen LogP contribution is 2.27. The number of nitrogens with one attached hydrogen (secondary N) is 1. The van der Waals surface area contributed by atoms with Crippen LogP contribution >= 0.6 is 0 Å². The average Bonchev–Trinajstić information content (AvgIpc) is 3.17. The number of hydrogen-bond acceptors (Lipinski definition) is 4. The van der Waals surface area contributed by atoms with Crippen molar-refractivity contribution in [2.24, 2.45) is 0 Å². The van der Waals surface area contributed by atoms with E-state index in [0.29, 0.717) is 17.7 Å². The number of benzene rings is 2. The Morgan fingerprint density at radius 1 is 1.03 bits per heavy atom. The lowest BCUT2D eigenvalue weighted by molar-refractivity contribution is -0.124. The highest BCUT2D eigenvalue weighted by Gasteiger charge is 2.27. The highest BCUT2D eigenvalue weighted by atomic mass is 19.1. The molecule has 0 atom stereocenters. The molecule has 0 unspecified atom stereocenters. The van der Waals surface area contributed by atoms with Gasteiger partial charge in [0.25, 0.3) is 5.91 Å². The molecule has 0 radical (unpaired) electrons. The number of ether oxygens (including phenoxy) is 1.